The highest BCUT2D eigenvalue weighted by Crippen LogP contribution is 2.33. The average Bonchev–Trinajstić information content (AvgIpc) is 2.69. The lowest BCUT2D eigenvalue weighted by atomic mass is 10.00. The molecule has 0 aliphatic rings. The molecule has 2 nitrogen and oxygen atoms in total. The zero-order valence-corrected chi connectivity index (χ0v) is 14.7. The molecule has 1 heterocycles. The maximum atomic E-state index is 9.85. The summed E-state index contributed by atoms with van der Waals surface area (Å²) in [5, 5.41) is 10.5. The summed E-state index contributed by atoms with van der Waals surface area (Å²) in [7, 11) is 0. The van der Waals surface area contributed by atoms with Crippen LogP contribution in [0.25, 0.3) is 33.6 Å². The lowest BCUT2D eigenvalue weighted by Gasteiger charge is -2.11. The maximum Gasteiger partial charge on any atom is 0.116 e. The second-order valence-electron chi connectivity index (χ2n) is 6.02. The number of nitrogens with zero attached hydrogens (tertiary/aromatic N) is 1. The normalized spacial score (nSPS) is 10.7. The van der Waals surface area contributed by atoms with E-state index in [4.69, 9.17) is 16.6 Å². The standard InChI is InChI=1S/C23H16ClNO/c24-21-12-5-4-11-20(21)23-15-18(17-9-6-10-19(26)13-17)14-22(25-23)16-7-2-1-3-8-16/h1-15,26H. The fourth-order valence-corrected chi connectivity index (χ4v) is 3.18. The summed E-state index contributed by atoms with van der Waals surface area (Å²) in [5.41, 5.74) is 5.48. The minimum absolute atomic E-state index is 0.236. The highest BCUT2D eigenvalue weighted by Gasteiger charge is 2.11. The SMILES string of the molecule is Oc1cccc(-c2cc(-c3ccccc3)nc(-c3ccccc3Cl)c2)c1. The molecular weight excluding hydrogens is 342 g/mol. The number of hydrogen-bond donors (Lipinski definition) is 1. The molecule has 1 N–H and O–H groups in total. The molecule has 0 amide bonds. The molecule has 0 saturated carbocycles. The van der Waals surface area contributed by atoms with E-state index in [0.29, 0.717) is 5.02 Å². The van der Waals surface area contributed by atoms with Crippen molar-refractivity contribution in [3.05, 3.63) is 96.0 Å². The number of phenolic OH excluding ortho intramolecular Hbond substituents is 1. The van der Waals surface area contributed by atoms with E-state index in [2.05, 4.69) is 0 Å². The van der Waals surface area contributed by atoms with Crippen molar-refractivity contribution >= 4 is 11.6 Å². The predicted molar refractivity (Wildman–Crippen MR) is 107 cm³/mol. The smallest absolute Gasteiger partial charge is 0.116 e. The Morgan fingerprint density at radius 3 is 2.08 bits per heavy atom. The van der Waals surface area contributed by atoms with E-state index in [0.717, 1.165) is 33.6 Å². The molecule has 0 unspecified atom stereocenters. The summed E-state index contributed by atoms with van der Waals surface area (Å²) in [4.78, 5) is 4.84. The van der Waals surface area contributed by atoms with Crippen LogP contribution in [-0.2, 0) is 0 Å². The van der Waals surface area contributed by atoms with E-state index in [-0.39, 0.29) is 5.75 Å². The van der Waals surface area contributed by atoms with Gasteiger partial charge < -0.3 is 5.11 Å². The van der Waals surface area contributed by atoms with E-state index in [1.165, 1.54) is 0 Å². The average molecular weight is 358 g/mol. The first-order valence-corrected chi connectivity index (χ1v) is 8.70. The Kier molecular flexibility index (Phi) is 4.42. The van der Waals surface area contributed by atoms with E-state index in [9.17, 15) is 5.11 Å². The molecule has 4 aromatic rings. The van der Waals surface area contributed by atoms with E-state index >= 15 is 0 Å². The molecule has 26 heavy (non-hydrogen) atoms. The van der Waals surface area contributed by atoms with Crippen molar-refractivity contribution in [3.8, 4) is 39.4 Å². The van der Waals surface area contributed by atoms with Gasteiger partial charge >= 0.3 is 0 Å². The van der Waals surface area contributed by atoms with Gasteiger partial charge in [-0.2, -0.15) is 0 Å². The number of phenols is 1. The number of benzene rings is 3. The summed E-state index contributed by atoms with van der Waals surface area (Å²) >= 11 is 6.40. The third kappa shape index (κ3) is 3.32. The summed E-state index contributed by atoms with van der Waals surface area (Å²) in [6.07, 6.45) is 0. The van der Waals surface area contributed by atoms with E-state index in [1.807, 2.05) is 78.9 Å². The molecule has 0 aliphatic carbocycles. The fourth-order valence-electron chi connectivity index (χ4n) is 2.95. The molecule has 3 aromatic carbocycles. The fraction of sp³-hybridized carbons (Fsp3) is 0. The molecule has 4 rings (SSSR count). The molecule has 0 spiro atoms. The van der Waals surface area contributed by atoms with Crippen molar-refractivity contribution in [2.75, 3.05) is 0 Å². The third-order valence-corrected chi connectivity index (χ3v) is 4.55. The van der Waals surface area contributed by atoms with Crippen LogP contribution in [0.4, 0.5) is 0 Å². The zero-order chi connectivity index (χ0) is 17.9. The monoisotopic (exact) mass is 357 g/mol. The molecule has 0 saturated heterocycles. The molecule has 0 fully saturated rings. The van der Waals surface area contributed by atoms with Crippen LogP contribution < -0.4 is 0 Å². The van der Waals surface area contributed by atoms with Crippen LogP contribution in [0, 0.1) is 0 Å². The van der Waals surface area contributed by atoms with Crippen molar-refractivity contribution in [1.29, 1.82) is 0 Å². The van der Waals surface area contributed by atoms with Crippen LogP contribution in [0.15, 0.2) is 91.0 Å². The Morgan fingerprint density at radius 2 is 1.31 bits per heavy atom. The van der Waals surface area contributed by atoms with Crippen LogP contribution in [0.5, 0.6) is 5.75 Å². The Hall–Kier alpha value is -3.10. The largest absolute Gasteiger partial charge is 0.508 e. The first-order chi connectivity index (χ1) is 12.7. The van der Waals surface area contributed by atoms with Crippen LogP contribution in [0.1, 0.15) is 0 Å². The molecule has 3 heteroatoms. The molecule has 0 radical (unpaired) electrons. The molecule has 0 atom stereocenters. The molecular formula is C23H16ClNO. The predicted octanol–water partition coefficient (Wildman–Crippen LogP) is 6.44. The van der Waals surface area contributed by atoms with Gasteiger partial charge in [0.1, 0.15) is 5.75 Å². The first-order valence-electron chi connectivity index (χ1n) is 8.32. The highest BCUT2D eigenvalue weighted by molar-refractivity contribution is 6.33. The number of rotatable bonds is 3. The highest BCUT2D eigenvalue weighted by atomic mass is 35.5. The quantitative estimate of drug-likeness (QED) is 0.457. The molecule has 0 aliphatic heterocycles. The Labute approximate surface area is 157 Å². The Morgan fingerprint density at radius 1 is 0.615 bits per heavy atom. The molecule has 0 bridgehead atoms. The third-order valence-electron chi connectivity index (χ3n) is 4.22. The summed E-state index contributed by atoms with van der Waals surface area (Å²) in [6, 6.07) is 29.0. The molecule has 1 aromatic heterocycles. The van der Waals surface area contributed by atoms with Gasteiger partial charge in [-0.25, -0.2) is 4.98 Å². The Balaban J connectivity index is 1.95. The van der Waals surface area contributed by atoms with Crippen molar-refractivity contribution in [2.45, 2.75) is 0 Å². The van der Waals surface area contributed by atoms with Gasteiger partial charge in [0, 0.05) is 16.1 Å². The van der Waals surface area contributed by atoms with Gasteiger partial charge in [-0.3, -0.25) is 0 Å². The van der Waals surface area contributed by atoms with E-state index < -0.39 is 0 Å². The zero-order valence-electron chi connectivity index (χ0n) is 13.9. The van der Waals surface area contributed by atoms with Gasteiger partial charge in [0.05, 0.1) is 11.4 Å². The van der Waals surface area contributed by atoms with E-state index in [1.54, 1.807) is 12.1 Å². The van der Waals surface area contributed by atoms with Crippen molar-refractivity contribution in [3.63, 3.8) is 0 Å². The lowest BCUT2D eigenvalue weighted by molar-refractivity contribution is 0.475. The van der Waals surface area contributed by atoms with Gasteiger partial charge in [0.2, 0.25) is 0 Å². The van der Waals surface area contributed by atoms with Crippen molar-refractivity contribution < 1.29 is 5.11 Å². The van der Waals surface area contributed by atoms with Gasteiger partial charge in [-0.05, 0) is 41.5 Å². The Bertz CT molecular complexity index is 1060. The van der Waals surface area contributed by atoms with Crippen LogP contribution >= 0.6 is 11.6 Å². The topological polar surface area (TPSA) is 33.1 Å². The number of halogens is 1. The van der Waals surface area contributed by atoms with Gasteiger partial charge in [0.15, 0.2) is 0 Å². The van der Waals surface area contributed by atoms with Gasteiger partial charge in [-0.1, -0.05) is 72.3 Å². The molecule has 126 valence electrons. The van der Waals surface area contributed by atoms with Gasteiger partial charge in [-0.15, -0.1) is 0 Å². The minimum atomic E-state index is 0.236. The number of aromatic nitrogens is 1. The number of pyridine rings is 1. The number of hydrogen-bond acceptors (Lipinski definition) is 2. The summed E-state index contributed by atoms with van der Waals surface area (Å²) in [5.74, 6) is 0.236. The lowest BCUT2D eigenvalue weighted by Crippen LogP contribution is -1.91. The van der Waals surface area contributed by atoms with Gasteiger partial charge in [0.25, 0.3) is 0 Å². The van der Waals surface area contributed by atoms with Crippen molar-refractivity contribution in [1.82, 2.24) is 4.98 Å². The van der Waals surface area contributed by atoms with Crippen molar-refractivity contribution in [2.24, 2.45) is 0 Å². The maximum absolute atomic E-state index is 9.85. The minimum Gasteiger partial charge on any atom is -0.508 e. The summed E-state index contributed by atoms with van der Waals surface area (Å²) < 4.78 is 0. The van der Waals surface area contributed by atoms with Crippen LogP contribution in [0.2, 0.25) is 5.02 Å². The second-order valence-corrected chi connectivity index (χ2v) is 6.43. The first kappa shape index (κ1) is 16.4. The van der Waals surface area contributed by atoms with Crippen LogP contribution in [-0.4, -0.2) is 10.1 Å². The summed E-state index contributed by atoms with van der Waals surface area (Å²) in [6.45, 7) is 0. The number of aromatic hydroxyl groups is 1. The second kappa shape index (κ2) is 7.03. The van der Waals surface area contributed by atoms with Crippen LogP contribution in [0.3, 0.4) is 0 Å².